The van der Waals surface area contributed by atoms with Crippen LogP contribution in [0.3, 0.4) is 0 Å². The lowest BCUT2D eigenvalue weighted by atomic mass is 9.91. The molecule has 1 unspecified atom stereocenters. The molecule has 1 aromatic heterocycles. The number of hydrogen-bond acceptors (Lipinski definition) is 7. The lowest BCUT2D eigenvalue weighted by Crippen LogP contribution is -2.41. The monoisotopic (exact) mass is 558 g/mol. The Bertz CT molecular complexity index is 1220. The third kappa shape index (κ3) is 6.53. The van der Waals surface area contributed by atoms with Crippen LogP contribution in [0.25, 0.3) is 0 Å². The Morgan fingerprint density at radius 1 is 1.26 bits per heavy atom. The summed E-state index contributed by atoms with van der Waals surface area (Å²) in [6.45, 7) is 7.60. The molecule has 1 amide bonds. The second kappa shape index (κ2) is 11.9. The Labute approximate surface area is 222 Å². The SMILES string of the molecule is C=C(CCF)NC(=O)C(F)c1nc(C)nc(N[C@H](C)c2cccc(C(F)(F)C(C)(C)O)c2F)c1C1OCCO1. The molecule has 13 heteroatoms. The van der Waals surface area contributed by atoms with Crippen molar-refractivity contribution >= 4 is 11.7 Å². The molecule has 214 valence electrons. The first-order chi connectivity index (χ1) is 18.2. The van der Waals surface area contributed by atoms with E-state index in [1.165, 1.54) is 26.0 Å². The van der Waals surface area contributed by atoms with E-state index in [4.69, 9.17) is 9.47 Å². The van der Waals surface area contributed by atoms with Gasteiger partial charge in [0.2, 0.25) is 6.17 Å². The average Bonchev–Trinajstić information content (AvgIpc) is 3.37. The molecule has 1 fully saturated rings. The number of allylic oxidation sites excluding steroid dienone is 1. The second-order valence-electron chi connectivity index (χ2n) is 9.59. The normalized spacial score (nSPS) is 16.2. The van der Waals surface area contributed by atoms with Crippen LogP contribution in [0.4, 0.5) is 27.8 Å². The fourth-order valence-electron chi connectivity index (χ4n) is 3.94. The maximum absolute atomic E-state index is 15.5. The van der Waals surface area contributed by atoms with Gasteiger partial charge in [-0.25, -0.2) is 18.7 Å². The van der Waals surface area contributed by atoms with Crippen LogP contribution in [0.15, 0.2) is 30.5 Å². The van der Waals surface area contributed by atoms with Gasteiger partial charge in [0.05, 0.1) is 42.8 Å². The summed E-state index contributed by atoms with van der Waals surface area (Å²) in [6, 6.07) is 2.36. The zero-order valence-electron chi connectivity index (χ0n) is 22.0. The Kier molecular flexibility index (Phi) is 9.29. The van der Waals surface area contributed by atoms with Crippen molar-refractivity contribution in [2.24, 2.45) is 0 Å². The van der Waals surface area contributed by atoms with Gasteiger partial charge in [-0.15, -0.1) is 0 Å². The number of ether oxygens (including phenoxy) is 2. The molecule has 1 aliphatic heterocycles. The van der Waals surface area contributed by atoms with Crippen LogP contribution in [-0.4, -0.2) is 46.5 Å². The number of aliphatic hydroxyl groups is 1. The predicted octanol–water partition coefficient (Wildman–Crippen LogP) is 5.01. The highest BCUT2D eigenvalue weighted by Gasteiger charge is 2.49. The summed E-state index contributed by atoms with van der Waals surface area (Å²) in [7, 11) is 0. The van der Waals surface area contributed by atoms with E-state index in [2.05, 4.69) is 27.2 Å². The van der Waals surface area contributed by atoms with Crippen molar-refractivity contribution in [1.82, 2.24) is 15.3 Å². The summed E-state index contributed by atoms with van der Waals surface area (Å²) < 4.78 is 84.1. The fourth-order valence-corrected chi connectivity index (χ4v) is 3.94. The Morgan fingerprint density at radius 2 is 1.90 bits per heavy atom. The topological polar surface area (TPSA) is 106 Å². The smallest absolute Gasteiger partial charge is 0.303 e. The first-order valence-electron chi connectivity index (χ1n) is 12.1. The number of alkyl halides is 4. The minimum Gasteiger partial charge on any atom is -0.384 e. The molecule has 8 nitrogen and oxygen atoms in total. The Balaban J connectivity index is 2.03. The fraction of sp³-hybridized carbons (Fsp3) is 0.500. The minimum atomic E-state index is -3.91. The van der Waals surface area contributed by atoms with Crippen LogP contribution in [-0.2, 0) is 20.2 Å². The summed E-state index contributed by atoms with van der Waals surface area (Å²) in [4.78, 5) is 20.9. The first kappa shape index (κ1) is 30.4. The van der Waals surface area contributed by atoms with Crippen molar-refractivity contribution in [3.63, 3.8) is 0 Å². The maximum Gasteiger partial charge on any atom is 0.303 e. The molecule has 1 aliphatic rings. The predicted molar refractivity (Wildman–Crippen MR) is 132 cm³/mol. The molecular formula is C26H31F5N4O4. The second-order valence-corrected chi connectivity index (χ2v) is 9.59. The molecular weight excluding hydrogens is 527 g/mol. The van der Waals surface area contributed by atoms with Crippen LogP contribution in [0.5, 0.6) is 0 Å². The molecule has 39 heavy (non-hydrogen) atoms. The quantitative estimate of drug-likeness (QED) is 0.333. The summed E-state index contributed by atoms with van der Waals surface area (Å²) in [5.74, 6) is -6.36. The molecule has 3 N–H and O–H groups in total. The number of carbonyl (C=O) groups is 1. The number of aryl methyl sites for hydroxylation is 1. The number of rotatable bonds is 11. The van der Waals surface area contributed by atoms with Gasteiger partial charge in [-0.2, -0.15) is 8.78 Å². The number of nitrogens with one attached hydrogen (secondary N) is 2. The molecule has 1 aromatic carbocycles. The number of amides is 1. The molecule has 0 radical (unpaired) electrons. The highest BCUT2D eigenvalue weighted by atomic mass is 19.3. The number of nitrogens with zero attached hydrogens (tertiary/aromatic N) is 2. The summed E-state index contributed by atoms with van der Waals surface area (Å²) in [5, 5.41) is 15.0. The van der Waals surface area contributed by atoms with Gasteiger partial charge in [0.25, 0.3) is 5.91 Å². The maximum atomic E-state index is 15.5. The standard InChI is InChI=1S/C26H31F5N4O4/c1-13(9-10-27)32-23(36)20(29)21-18(24-38-11-12-39-24)22(35-15(3)34-21)33-14(2)16-7-6-8-17(19(16)28)26(30,31)25(4,5)37/h6-8,14,20,24,37H,1,9-12H2,2-5H3,(H,32,36)(H,33,34,35)/t14-,20?/m1/s1. The van der Waals surface area contributed by atoms with Gasteiger partial charge in [-0.3, -0.25) is 9.18 Å². The molecule has 3 rings (SSSR count). The van der Waals surface area contributed by atoms with Crippen molar-refractivity contribution in [1.29, 1.82) is 0 Å². The molecule has 0 bridgehead atoms. The highest BCUT2D eigenvalue weighted by Crippen LogP contribution is 2.42. The Morgan fingerprint density at radius 3 is 2.49 bits per heavy atom. The van der Waals surface area contributed by atoms with E-state index >= 15 is 8.78 Å². The van der Waals surface area contributed by atoms with Crippen molar-refractivity contribution in [2.75, 3.05) is 25.2 Å². The molecule has 1 saturated heterocycles. The number of benzene rings is 1. The van der Waals surface area contributed by atoms with Crippen molar-refractivity contribution < 1.29 is 41.3 Å². The van der Waals surface area contributed by atoms with E-state index in [0.29, 0.717) is 0 Å². The van der Waals surface area contributed by atoms with Crippen LogP contribution < -0.4 is 10.6 Å². The largest absolute Gasteiger partial charge is 0.384 e. The lowest BCUT2D eigenvalue weighted by Gasteiger charge is -2.30. The van der Waals surface area contributed by atoms with E-state index in [9.17, 15) is 23.1 Å². The highest BCUT2D eigenvalue weighted by molar-refractivity contribution is 5.83. The lowest BCUT2D eigenvalue weighted by molar-refractivity contribution is -0.170. The minimum absolute atomic E-state index is 0.0299. The Hall–Kier alpha value is -3.16. The van der Waals surface area contributed by atoms with Crippen molar-refractivity contribution in [2.45, 2.75) is 64.1 Å². The van der Waals surface area contributed by atoms with Gasteiger partial charge in [0.15, 0.2) is 6.29 Å². The number of hydrogen-bond donors (Lipinski definition) is 3. The van der Waals surface area contributed by atoms with Gasteiger partial charge in [0, 0.05) is 17.7 Å². The molecule has 2 aromatic rings. The number of halogens is 5. The first-order valence-corrected chi connectivity index (χ1v) is 12.1. The van der Waals surface area contributed by atoms with Crippen LogP contribution in [0.2, 0.25) is 0 Å². The molecule has 0 spiro atoms. The molecule has 0 saturated carbocycles. The zero-order valence-corrected chi connectivity index (χ0v) is 22.0. The number of aromatic nitrogens is 2. The zero-order chi connectivity index (χ0) is 29.1. The van der Waals surface area contributed by atoms with Crippen LogP contribution in [0.1, 0.15) is 73.9 Å². The van der Waals surface area contributed by atoms with Crippen molar-refractivity contribution in [3.8, 4) is 0 Å². The third-order valence-electron chi connectivity index (χ3n) is 6.07. The molecule has 2 atom stereocenters. The summed E-state index contributed by atoms with van der Waals surface area (Å²) in [6.07, 6.45) is -3.76. The van der Waals surface area contributed by atoms with Crippen LogP contribution in [0, 0.1) is 12.7 Å². The summed E-state index contributed by atoms with van der Waals surface area (Å²) in [5.41, 5.74) is -4.25. The van der Waals surface area contributed by atoms with Gasteiger partial charge < -0.3 is 25.2 Å². The summed E-state index contributed by atoms with van der Waals surface area (Å²) >= 11 is 0. The van der Waals surface area contributed by atoms with Gasteiger partial charge in [0.1, 0.15) is 23.1 Å². The van der Waals surface area contributed by atoms with E-state index in [1.54, 1.807) is 0 Å². The molecule has 0 aliphatic carbocycles. The van der Waals surface area contributed by atoms with E-state index in [1.807, 2.05) is 0 Å². The van der Waals surface area contributed by atoms with Crippen LogP contribution >= 0.6 is 0 Å². The third-order valence-corrected chi connectivity index (χ3v) is 6.07. The van der Waals surface area contributed by atoms with E-state index in [0.717, 1.165) is 19.9 Å². The number of carbonyl (C=O) groups excluding carboxylic acids is 1. The number of anilines is 1. The average molecular weight is 559 g/mol. The molecule has 2 heterocycles. The van der Waals surface area contributed by atoms with E-state index in [-0.39, 0.29) is 48.1 Å². The van der Waals surface area contributed by atoms with Crippen molar-refractivity contribution in [3.05, 3.63) is 64.5 Å². The van der Waals surface area contributed by atoms with E-state index < -0.39 is 59.7 Å². The van der Waals surface area contributed by atoms with Gasteiger partial charge in [-0.05, 0) is 33.8 Å². The van der Waals surface area contributed by atoms with Gasteiger partial charge in [-0.1, -0.05) is 18.7 Å². The van der Waals surface area contributed by atoms with Gasteiger partial charge >= 0.3 is 5.92 Å².